The lowest BCUT2D eigenvalue weighted by Crippen LogP contribution is -2.27. The lowest BCUT2D eigenvalue weighted by molar-refractivity contribution is 0.406. The monoisotopic (exact) mass is 275 g/mol. The second-order valence-corrected chi connectivity index (χ2v) is 7.44. The molecule has 1 nitrogen and oxygen atoms in total. The molecule has 0 bridgehead atoms. The molecule has 2 aliphatic rings. The number of benzene rings is 1. The summed E-state index contributed by atoms with van der Waals surface area (Å²) in [6.45, 7) is 0. The molecule has 1 unspecified atom stereocenters. The zero-order valence-corrected chi connectivity index (χ0v) is 12.6. The van der Waals surface area contributed by atoms with Gasteiger partial charge in [-0.3, -0.25) is 0 Å². The fourth-order valence-electron chi connectivity index (χ4n) is 3.55. The Morgan fingerprint density at radius 2 is 1.95 bits per heavy atom. The maximum absolute atomic E-state index is 6.37. The largest absolute Gasteiger partial charge is 0.327 e. The zero-order valence-electron chi connectivity index (χ0n) is 11.7. The molecule has 1 aromatic carbocycles. The molecule has 3 rings (SSSR count). The van der Waals surface area contributed by atoms with Gasteiger partial charge in [0.25, 0.3) is 0 Å². The van der Waals surface area contributed by atoms with E-state index in [1.54, 1.807) is 11.1 Å². The van der Waals surface area contributed by atoms with E-state index in [1.165, 1.54) is 55.6 Å². The Labute approximate surface area is 121 Å². The van der Waals surface area contributed by atoms with E-state index >= 15 is 0 Å². The SMILES string of the molecule is NC(Cc1ccc2c(c1)CCC2)CC1CCSCC1. The van der Waals surface area contributed by atoms with Crippen molar-refractivity contribution in [2.75, 3.05) is 11.5 Å². The number of thioether (sulfide) groups is 1. The molecule has 1 saturated heterocycles. The van der Waals surface area contributed by atoms with Gasteiger partial charge in [-0.15, -0.1) is 0 Å². The number of fused-ring (bicyclic) bond motifs is 1. The van der Waals surface area contributed by atoms with Crippen LogP contribution in [0.2, 0.25) is 0 Å². The molecule has 0 amide bonds. The van der Waals surface area contributed by atoms with Crippen LogP contribution >= 0.6 is 11.8 Å². The lowest BCUT2D eigenvalue weighted by atomic mass is 9.91. The predicted octanol–water partition coefficient (Wildman–Crippen LogP) is 3.58. The average Bonchev–Trinajstić information content (AvgIpc) is 2.87. The average molecular weight is 275 g/mol. The number of nitrogens with two attached hydrogens (primary N) is 1. The van der Waals surface area contributed by atoms with Gasteiger partial charge in [-0.2, -0.15) is 11.8 Å². The van der Waals surface area contributed by atoms with Gasteiger partial charge in [0.05, 0.1) is 0 Å². The smallest absolute Gasteiger partial charge is 0.00819 e. The first-order valence-corrected chi connectivity index (χ1v) is 8.91. The van der Waals surface area contributed by atoms with E-state index in [9.17, 15) is 0 Å². The van der Waals surface area contributed by atoms with Gasteiger partial charge in [0.15, 0.2) is 0 Å². The molecule has 1 aliphatic heterocycles. The maximum Gasteiger partial charge on any atom is 0.00819 e. The fourth-order valence-corrected chi connectivity index (χ4v) is 4.75. The number of hydrogen-bond acceptors (Lipinski definition) is 2. The topological polar surface area (TPSA) is 26.0 Å². The zero-order chi connectivity index (χ0) is 13.1. The highest BCUT2D eigenvalue weighted by atomic mass is 32.2. The molecule has 0 saturated carbocycles. The van der Waals surface area contributed by atoms with Gasteiger partial charge in [0.2, 0.25) is 0 Å². The van der Waals surface area contributed by atoms with Crippen molar-refractivity contribution in [1.82, 2.24) is 0 Å². The van der Waals surface area contributed by atoms with Crippen molar-refractivity contribution < 1.29 is 0 Å². The second kappa shape index (κ2) is 6.32. The van der Waals surface area contributed by atoms with Crippen molar-refractivity contribution >= 4 is 11.8 Å². The summed E-state index contributed by atoms with van der Waals surface area (Å²) in [5.74, 6) is 3.57. The molecule has 1 atom stereocenters. The number of aryl methyl sites for hydroxylation is 2. The molecule has 1 fully saturated rings. The standard InChI is InChI=1S/C17H25NS/c18-17(11-13-6-8-19-9-7-13)12-14-4-5-15-2-1-3-16(15)10-14/h4-5,10,13,17H,1-3,6-9,11-12,18H2. The first-order chi connectivity index (χ1) is 9.31. The molecule has 19 heavy (non-hydrogen) atoms. The summed E-state index contributed by atoms with van der Waals surface area (Å²) in [6, 6.07) is 7.41. The molecule has 0 radical (unpaired) electrons. The van der Waals surface area contributed by atoms with Crippen LogP contribution in [0.3, 0.4) is 0 Å². The molecule has 1 heterocycles. The van der Waals surface area contributed by atoms with Crippen LogP contribution in [0.25, 0.3) is 0 Å². The quantitative estimate of drug-likeness (QED) is 0.909. The Morgan fingerprint density at radius 1 is 1.16 bits per heavy atom. The van der Waals surface area contributed by atoms with E-state index in [2.05, 4.69) is 30.0 Å². The number of hydrogen-bond donors (Lipinski definition) is 1. The highest BCUT2D eigenvalue weighted by molar-refractivity contribution is 7.99. The molecule has 1 aliphatic carbocycles. The van der Waals surface area contributed by atoms with Crippen LogP contribution in [0.5, 0.6) is 0 Å². The molecule has 0 aromatic heterocycles. The van der Waals surface area contributed by atoms with Crippen molar-refractivity contribution in [2.45, 2.75) is 51.0 Å². The lowest BCUT2D eigenvalue weighted by Gasteiger charge is -2.24. The van der Waals surface area contributed by atoms with Crippen molar-refractivity contribution in [3.05, 3.63) is 34.9 Å². The first kappa shape index (κ1) is 13.5. The summed E-state index contributed by atoms with van der Waals surface area (Å²) >= 11 is 2.10. The minimum Gasteiger partial charge on any atom is -0.327 e. The van der Waals surface area contributed by atoms with Gasteiger partial charge in [-0.05, 0) is 79.1 Å². The summed E-state index contributed by atoms with van der Waals surface area (Å²) in [4.78, 5) is 0. The van der Waals surface area contributed by atoms with E-state index in [4.69, 9.17) is 5.73 Å². The highest BCUT2D eigenvalue weighted by Gasteiger charge is 2.18. The summed E-state index contributed by atoms with van der Waals surface area (Å²) in [6.07, 6.45) is 8.93. The number of rotatable bonds is 4. The predicted molar refractivity (Wildman–Crippen MR) is 84.8 cm³/mol. The molecule has 0 spiro atoms. The van der Waals surface area contributed by atoms with Gasteiger partial charge >= 0.3 is 0 Å². The molecule has 1 aromatic rings. The molecular formula is C17H25NS. The van der Waals surface area contributed by atoms with Gasteiger partial charge < -0.3 is 5.73 Å². The summed E-state index contributed by atoms with van der Waals surface area (Å²) in [5, 5.41) is 0. The van der Waals surface area contributed by atoms with Crippen molar-refractivity contribution in [1.29, 1.82) is 0 Å². The van der Waals surface area contributed by atoms with Gasteiger partial charge in [0, 0.05) is 6.04 Å². The van der Waals surface area contributed by atoms with Crippen LogP contribution in [0.1, 0.15) is 42.4 Å². The Morgan fingerprint density at radius 3 is 2.79 bits per heavy atom. The van der Waals surface area contributed by atoms with Crippen LogP contribution in [0.15, 0.2) is 18.2 Å². The van der Waals surface area contributed by atoms with Gasteiger partial charge in [-0.1, -0.05) is 18.2 Å². The van der Waals surface area contributed by atoms with E-state index in [-0.39, 0.29) is 0 Å². The van der Waals surface area contributed by atoms with Crippen LogP contribution in [-0.2, 0) is 19.3 Å². The van der Waals surface area contributed by atoms with E-state index in [0.29, 0.717) is 6.04 Å². The third-order valence-electron chi connectivity index (χ3n) is 4.64. The van der Waals surface area contributed by atoms with Crippen molar-refractivity contribution in [3.63, 3.8) is 0 Å². The van der Waals surface area contributed by atoms with Gasteiger partial charge in [0.1, 0.15) is 0 Å². The molecule has 2 N–H and O–H groups in total. The fraction of sp³-hybridized carbons (Fsp3) is 0.647. The van der Waals surface area contributed by atoms with Crippen LogP contribution in [-0.4, -0.2) is 17.5 Å². The van der Waals surface area contributed by atoms with Gasteiger partial charge in [-0.25, -0.2) is 0 Å². The van der Waals surface area contributed by atoms with Crippen molar-refractivity contribution in [2.24, 2.45) is 11.7 Å². The Hall–Kier alpha value is -0.470. The van der Waals surface area contributed by atoms with Crippen LogP contribution < -0.4 is 5.73 Å². The second-order valence-electron chi connectivity index (χ2n) is 6.21. The van der Waals surface area contributed by atoms with Crippen LogP contribution in [0, 0.1) is 5.92 Å². The summed E-state index contributed by atoms with van der Waals surface area (Å²) in [5.41, 5.74) is 11.0. The normalized spacial score (nSPS) is 21.3. The minimum absolute atomic E-state index is 0.354. The highest BCUT2D eigenvalue weighted by Crippen LogP contribution is 2.27. The first-order valence-electron chi connectivity index (χ1n) is 7.75. The Balaban J connectivity index is 1.55. The Kier molecular flexibility index (Phi) is 4.49. The summed E-state index contributed by atoms with van der Waals surface area (Å²) in [7, 11) is 0. The Bertz CT molecular complexity index is 423. The molecular weight excluding hydrogens is 250 g/mol. The molecule has 104 valence electrons. The van der Waals surface area contributed by atoms with Crippen molar-refractivity contribution in [3.8, 4) is 0 Å². The van der Waals surface area contributed by atoms with E-state index in [1.807, 2.05) is 0 Å². The third kappa shape index (κ3) is 3.55. The minimum atomic E-state index is 0.354. The summed E-state index contributed by atoms with van der Waals surface area (Å²) < 4.78 is 0. The molecule has 2 heteroatoms. The maximum atomic E-state index is 6.37. The van der Waals surface area contributed by atoms with Crippen LogP contribution in [0.4, 0.5) is 0 Å². The third-order valence-corrected chi connectivity index (χ3v) is 5.69. The van der Waals surface area contributed by atoms with E-state index < -0.39 is 0 Å². The van der Waals surface area contributed by atoms with E-state index in [0.717, 1.165) is 12.3 Å².